The fraction of sp³-hybridized carbons (Fsp3) is 0.364. The lowest BCUT2D eigenvalue weighted by molar-refractivity contribution is 0.0690. The van der Waals surface area contributed by atoms with Gasteiger partial charge in [-0.1, -0.05) is 0 Å². The molecule has 1 saturated carbocycles. The van der Waals surface area contributed by atoms with Crippen LogP contribution in [0.3, 0.4) is 0 Å². The number of carboxylic acid groups (broad SMARTS) is 1. The molecule has 0 amide bonds. The van der Waals surface area contributed by atoms with E-state index in [9.17, 15) is 4.79 Å². The van der Waals surface area contributed by atoms with Crippen LogP contribution in [0.15, 0.2) is 12.3 Å². The molecular formula is C11H12N4O2. The Morgan fingerprint density at radius 1 is 1.59 bits per heavy atom. The zero-order valence-electron chi connectivity index (χ0n) is 9.34. The van der Waals surface area contributed by atoms with Crippen LogP contribution in [0.2, 0.25) is 0 Å². The average Bonchev–Trinajstić information content (AvgIpc) is 3.02. The van der Waals surface area contributed by atoms with Crippen LogP contribution in [-0.2, 0) is 0 Å². The second-order valence-electron chi connectivity index (χ2n) is 4.31. The van der Waals surface area contributed by atoms with Crippen molar-refractivity contribution in [3.05, 3.63) is 23.5 Å². The minimum absolute atomic E-state index is 0.0456. The molecular weight excluding hydrogens is 220 g/mol. The number of aromatic carboxylic acids is 1. The molecule has 88 valence electrons. The molecule has 1 aliphatic carbocycles. The number of hydrogen-bond acceptors (Lipinski definition) is 4. The molecule has 17 heavy (non-hydrogen) atoms. The van der Waals surface area contributed by atoms with Crippen molar-refractivity contribution in [3.8, 4) is 0 Å². The highest BCUT2D eigenvalue weighted by Gasteiger charge is 2.23. The number of carbonyl (C=O) groups is 1. The lowest BCUT2D eigenvalue weighted by Gasteiger charge is -2.08. The number of carboxylic acids is 1. The molecule has 2 aromatic heterocycles. The highest BCUT2D eigenvalue weighted by Crippen LogP contribution is 2.25. The Bertz CT molecular complexity index is 601. The summed E-state index contributed by atoms with van der Waals surface area (Å²) in [5.41, 5.74) is 1.50. The second kappa shape index (κ2) is 3.44. The molecule has 0 radical (unpaired) electrons. The van der Waals surface area contributed by atoms with Crippen LogP contribution < -0.4 is 5.32 Å². The predicted octanol–water partition coefficient (Wildman–Crippen LogP) is 1.31. The highest BCUT2D eigenvalue weighted by atomic mass is 16.4. The molecule has 3 rings (SSSR count). The van der Waals surface area contributed by atoms with E-state index in [2.05, 4.69) is 15.4 Å². The van der Waals surface area contributed by atoms with Gasteiger partial charge in [-0.25, -0.2) is 9.78 Å². The number of nitrogens with one attached hydrogen (secondary N) is 1. The SMILES string of the molecule is Cc1cnn2c(NC3CC3)cc(C(=O)O)nc12. The maximum absolute atomic E-state index is 11.0. The van der Waals surface area contributed by atoms with Gasteiger partial charge in [0.1, 0.15) is 5.82 Å². The quantitative estimate of drug-likeness (QED) is 0.834. The van der Waals surface area contributed by atoms with Crippen LogP contribution in [0.4, 0.5) is 5.82 Å². The van der Waals surface area contributed by atoms with Gasteiger partial charge in [-0.15, -0.1) is 0 Å². The van der Waals surface area contributed by atoms with Crippen molar-refractivity contribution < 1.29 is 9.90 Å². The van der Waals surface area contributed by atoms with E-state index in [1.807, 2.05) is 6.92 Å². The third-order valence-electron chi connectivity index (χ3n) is 2.80. The summed E-state index contributed by atoms with van der Waals surface area (Å²) in [7, 11) is 0. The number of nitrogens with zero attached hydrogens (tertiary/aromatic N) is 3. The molecule has 0 bridgehead atoms. The van der Waals surface area contributed by atoms with Gasteiger partial charge in [0.15, 0.2) is 11.3 Å². The molecule has 1 fully saturated rings. The number of rotatable bonds is 3. The Kier molecular flexibility index (Phi) is 2.04. The summed E-state index contributed by atoms with van der Waals surface area (Å²) in [5, 5.41) is 16.5. The maximum Gasteiger partial charge on any atom is 0.354 e. The van der Waals surface area contributed by atoms with E-state index in [1.54, 1.807) is 10.7 Å². The topological polar surface area (TPSA) is 79.5 Å². The van der Waals surface area contributed by atoms with Gasteiger partial charge < -0.3 is 10.4 Å². The summed E-state index contributed by atoms with van der Waals surface area (Å²) < 4.78 is 1.65. The van der Waals surface area contributed by atoms with Gasteiger partial charge in [-0.2, -0.15) is 9.61 Å². The Morgan fingerprint density at radius 2 is 2.35 bits per heavy atom. The molecule has 2 aromatic rings. The van der Waals surface area contributed by atoms with E-state index in [-0.39, 0.29) is 5.69 Å². The monoisotopic (exact) mass is 232 g/mol. The van der Waals surface area contributed by atoms with E-state index in [0.29, 0.717) is 17.5 Å². The van der Waals surface area contributed by atoms with Crippen molar-refractivity contribution in [2.75, 3.05) is 5.32 Å². The average molecular weight is 232 g/mol. The molecule has 0 aromatic carbocycles. The van der Waals surface area contributed by atoms with Gasteiger partial charge in [0.05, 0.1) is 6.20 Å². The molecule has 0 atom stereocenters. The van der Waals surface area contributed by atoms with Crippen molar-refractivity contribution in [1.82, 2.24) is 14.6 Å². The van der Waals surface area contributed by atoms with Crippen molar-refractivity contribution >= 4 is 17.4 Å². The van der Waals surface area contributed by atoms with E-state index in [1.165, 1.54) is 6.07 Å². The van der Waals surface area contributed by atoms with E-state index >= 15 is 0 Å². The summed E-state index contributed by atoms with van der Waals surface area (Å²) in [4.78, 5) is 15.1. The normalized spacial score (nSPS) is 15.1. The first-order valence-electron chi connectivity index (χ1n) is 5.50. The first-order valence-corrected chi connectivity index (χ1v) is 5.50. The first kappa shape index (κ1) is 10.1. The van der Waals surface area contributed by atoms with Gasteiger partial charge in [0.2, 0.25) is 0 Å². The van der Waals surface area contributed by atoms with Crippen LogP contribution in [0.5, 0.6) is 0 Å². The predicted molar refractivity (Wildman–Crippen MR) is 61.3 cm³/mol. The fourth-order valence-corrected chi connectivity index (χ4v) is 1.72. The van der Waals surface area contributed by atoms with Crippen LogP contribution in [0, 0.1) is 6.92 Å². The minimum atomic E-state index is -1.02. The third-order valence-corrected chi connectivity index (χ3v) is 2.80. The summed E-state index contributed by atoms with van der Waals surface area (Å²) in [5.74, 6) is -0.324. The Labute approximate surface area is 97.3 Å². The lowest BCUT2D eigenvalue weighted by Crippen LogP contribution is -2.11. The van der Waals surface area contributed by atoms with Crippen molar-refractivity contribution in [3.63, 3.8) is 0 Å². The Morgan fingerprint density at radius 3 is 3.00 bits per heavy atom. The van der Waals surface area contributed by atoms with Crippen LogP contribution in [0.25, 0.3) is 5.65 Å². The number of anilines is 1. The maximum atomic E-state index is 11.0. The van der Waals surface area contributed by atoms with Crippen molar-refractivity contribution in [2.45, 2.75) is 25.8 Å². The second-order valence-corrected chi connectivity index (χ2v) is 4.31. The molecule has 0 unspecified atom stereocenters. The van der Waals surface area contributed by atoms with Gasteiger partial charge in [-0.05, 0) is 19.8 Å². The molecule has 6 nitrogen and oxygen atoms in total. The zero-order valence-corrected chi connectivity index (χ0v) is 9.34. The summed E-state index contributed by atoms with van der Waals surface area (Å²) in [6.45, 7) is 1.86. The van der Waals surface area contributed by atoms with Crippen LogP contribution >= 0.6 is 0 Å². The van der Waals surface area contributed by atoms with E-state index in [4.69, 9.17) is 5.11 Å². The number of aromatic nitrogens is 3. The first-order chi connectivity index (χ1) is 8.15. The fourth-order valence-electron chi connectivity index (χ4n) is 1.72. The lowest BCUT2D eigenvalue weighted by atomic mass is 10.3. The number of fused-ring (bicyclic) bond motifs is 1. The molecule has 0 aliphatic heterocycles. The number of hydrogen-bond donors (Lipinski definition) is 2. The van der Waals surface area contributed by atoms with Crippen molar-refractivity contribution in [2.24, 2.45) is 0 Å². The molecule has 2 N–H and O–H groups in total. The van der Waals surface area contributed by atoms with Crippen molar-refractivity contribution in [1.29, 1.82) is 0 Å². The third kappa shape index (κ3) is 1.71. The Hall–Kier alpha value is -2.11. The smallest absolute Gasteiger partial charge is 0.354 e. The zero-order chi connectivity index (χ0) is 12.0. The Balaban J connectivity index is 2.18. The molecule has 1 aliphatic rings. The molecule has 2 heterocycles. The molecule has 6 heteroatoms. The van der Waals surface area contributed by atoms with E-state index in [0.717, 1.165) is 18.4 Å². The van der Waals surface area contributed by atoms with Crippen LogP contribution in [0.1, 0.15) is 28.9 Å². The van der Waals surface area contributed by atoms with Gasteiger partial charge in [0, 0.05) is 17.7 Å². The minimum Gasteiger partial charge on any atom is -0.477 e. The van der Waals surface area contributed by atoms with Gasteiger partial charge in [-0.3, -0.25) is 0 Å². The van der Waals surface area contributed by atoms with E-state index < -0.39 is 5.97 Å². The summed E-state index contributed by atoms with van der Waals surface area (Å²) >= 11 is 0. The summed E-state index contributed by atoms with van der Waals surface area (Å²) in [6.07, 6.45) is 3.92. The number of aryl methyl sites for hydroxylation is 1. The summed E-state index contributed by atoms with van der Waals surface area (Å²) in [6, 6.07) is 1.96. The van der Waals surface area contributed by atoms with Gasteiger partial charge in [0.25, 0.3) is 0 Å². The highest BCUT2D eigenvalue weighted by molar-refractivity contribution is 5.87. The van der Waals surface area contributed by atoms with Crippen LogP contribution in [-0.4, -0.2) is 31.7 Å². The standard InChI is InChI=1S/C11H12N4O2/c1-6-5-12-15-9(13-7-2-3-7)4-8(11(16)17)14-10(6)15/h4-5,7,13H,2-3H2,1H3,(H,16,17). The molecule has 0 saturated heterocycles. The van der Waals surface area contributed by atoms with Gasteiger partial charge >= 0.3 is 5.97 Å². The largest absolute Gasteiger partial charge is 0.477 e. The molecule has 0 spiro atoms.